The quantitative estimate of drug-likeness (QED) is 0.261. The molecule has 0 heteroatoms. The van der Waals surface area contributed by atoms with Crippen molar-refractivity contribution in [3.63, 3.8) is 0 Å². The zero-order chi connectivity index (χ0) is 22.6. The summed E-state index contributed by atoms with van der Waals surface area (Å²) < 4.78 is 0. The zero-order valence-corrected chi connectivity index (χ0v) is 19.6. The van der Waals surface area contributed by atoms with Crippen LogP contribution in [0.25, 0.3) is 22.3 Å². The van der Waals surface area contributed by atoms with Crippen molar-refractivity contribution in [2.45, 2.75) is 37.5 Å². The molecule has 4 aromatic rings. The Balaban J connectivity index is 1.44. The predicted molar refractivity (Wildman–Crippen MR) is 141 cm³/mol. The van der Waals surface area contributed by atoms with Gasteiger partial charge in [0.15, 0.2) is 0 Å². The summed E-state index contributed by atoms with van der Waals surface area (Å²) in [6.07, 6.45) is 8.13. The minimum Gasteiger partial charge on any atom is -0.0804 e. The molecule has 2 unspecified atom stereocenters. The molecule has 0 aromatic heterocycles. The molecule has 0 aliphatic heterocycles. The van der Waals surface area contributed by atoms with Crippen molar-refractivity contribution >= 4 is 0 Å². The standard InChI is InChI=1S/C34H26/c1-34(2)28-19-18-26-22-13-6-8-15-24(22)31(32(26)33(28)34)27-17-9-16-25-21-12-5-7-14-23(21)29(30(25)27)20-10-3-4-11-20/h3,5-19,29,31H,4H2,1-2H3. The van der Waals surface area contributed by atoms with Crippen LogP contribution in [0.4, 0.5) is 0 Å². The van der Waals surface area contributed by atoms with Gasteiger partial charge in [0, 0.05) is 17.3 Å². The molecular weight excluding hydrogens is 408 g/mol. The Bertz CT molecular complexity index is 1610. The van der Waals surface area contributed by atoms with Gasteiger partial charge >= 0.3 is 0 Å². The second-order valence-corrected chi connectivity index (χ2v) is 10.8. The molecule has 0 radical (unpaired) electrons. The van der Waals surface area contributed by atoms with Gasteiger partial charge in [-0.3, -0.25) is 0 Å². The first kappa shape index (κ1) is 18.7. The molecule has 0 saturated carbocycles. The zero-order valence-electron chi connectivity index (χ0n) is 19.6. The van der Waals surface area contributed by atoms with Crippen LogP contribution in [0, 0.1) is 0 Å². The van der Waals surface area contributed by atoms with E-state index in [-0.39, 0.29) is 5.41 Å². The van der Waals surface area contributed by atoms with Crippen LogP contribution in [0.3, 0.4) is 0 Å². The minimum absolute atomic E-state index is 0.185. The molecule has 4 aliphatic carbocycles. The highest BCUT2D eigenvalue weighted by molar-refractivity contribution is 5.89. The van der Waals surface area contributed by atoms with Crippen molar-refractivity contribution < 1.29 is 0 Å². The lowest BCUT2D eigenvalue weighted by atomic mass is 9.79. The summed E-state index contributed by atoms with van der Waals surface area (Å²) in [5.74, 6) is 0.610. The van der Waals surface area contributed by atoms with Gasteiger partial charge in [-0.05, 0) is 73.2 Å². The molecule has 0 spiro atoms. The Morgan fingerprint density at radius 1 is 0.618 bits per heavy atom. The summed E-state index contributed by atoms with van der Waals surface area (Å²) in [6.45, 7) is 4.78. The SMILES string of the molecule is CC1(C)c2ccc3c(c21)C(c1cccc2c1C(C1=CCC=C1)c1ccccc1-2)c1ccccc1-3. The van der Waals surface area contributed by atoms with Gasteiger partial charge in [0.05, 0.1) is 0 Å². The van der Waals surface area contributed by atoms with E-state index >= 15 is 0 Å². The molecule has 0 heterocycles. The molecule has 0 saturated heterocycles. The van der Waals surface area contributed by atoms with Crippen LogP contribution in [0.15, 0.2) is 103 Å². The fraction of sp³-hybridized carbons (Fsp3) is 0.176. The van der Waals surface area contributed by atoms with Crippen LogP contribution in [0.5, 0.6) is 0 Å². The van der Waals surface area contributed by atoms with Crippen LogP contribution < -0.4 is 0 Å². The van der Waals surface area contributed by atoms with Crippen LogP contribution in [-0.2, 0) is 5.41 Å². The number of fused-ring (bicyclic) bond motifs is 8. The van der Waals surface area contributed by atoms with Crippen LogP contribution in [0.1, 0.15) is 71.0 Å². The Morgan fingerprint density at radius 2 is 1.26 bits per heavy atom. The largest absolute Gasteiger partial charge is 0.0804 e. The predicted octanol–water partition coefficient (Wildman–Crippen LogP) is 8.49. The lowest BCUT2D eigenvalue weighted by Crippen LogP contribution is -2.08. The van der Waals surface area contributed by atoms with Gasteiger partial charge in [-0.25, -0.2) is 0 Å². The monoisotopic (exact) mass is 434 g/mol. The highest BCUT2D eigenvalue weighted by Crippen LogP contribution is 2.62. The molecule has 4 aliphatic rings. The number of hydrogen-bond acceptors (Lipinski definition) is 0. The Labute approximate surface area is 201 Å². The molecule has 2 atom stereocenters. The third-order valence-electron chi connectivity index (χ3n) is 8.77. The molecule has 0 fully saturated rings. The molecule has 0 nitrogen and oxygen atoms in total. The van der Waals surface area contributed by atoms with Gasteiger partial charge in [-0.15, -0.1) is 0 Å². The molecule has 34 heavy (non-hydrogen) atoms. The Morgan fingerprint density at radius 3 is 2.00 bits per heavy atom. The highest BCUT2D eigenvalue weighted by atomic mass is 14.5. The fourth-order valence-electron chi connectivity index (χ4n) is 7.25. The van der Waals surface area contributed by atoms with Crippen LogP contribution >= 0.6 is 0 Å². The van der Waals surface area contributed by atoms with Crippen LogP contribution in [-0.4, -0.2) is 0 Å². The first-order chi connectivity index (χ1) is 16.7. The van der Waals surface area contributed by atoms with Crippen molar-refractivity contribution in [3.8, 4) is 22.3 Å². The van der Waals surface area contributed by atoms with Gasteiger partial charge in [0.1, 0.15) is 0 Å². The van der Waals surface area contributed by atoms with Gasteiger partial charge in [0.2, 0.25) is 0 Å². The number of benzene rings is 4. The topological polar surface area (TPSA) is 0 Å². The molecular formula is C34H26. The van der Waals surface area contributed by atoms with E-state index < -0.39 is 0 Å². The van der Waals surface area contributed by atoms with E-state index in [2.05, 4.69) is 111 Å². The van der Waals surface area contributed by atoms with E-state index in [4.69, 9.17) is 0 Å². The van der Waals surface area contributed by atoms with Crippen molar-refractivity contribution in [1.29, 1.82) is 0 Å². The van der Waals surface area contributed by atoms with E-state index in [0.29, 0.717) is 11.8 Å². The molecule has 8 rings (SSSR count). The van der Waals surface area contributed by atoms with Crippen LogP contribution in [0.2, 0.25) is 0 Å². The molecule has 0 N–H and O–H groups in total. The summed E-state index contributed by atoms with van der Waals surface area (Å²) in [7, 11) is 0. The maximum absolute atomic E-state index is 2.43. The number of hydrogen-bond donors (Lipinski definition) is 0. The van der Waals surface area contributed by atoms with E-state index in [0.717, 1.165) is 6.42 Å². The molecule has 162 valence electrons. The molecule has 0 bridgehead atoms. The summed E-state index contributed by atoms with van der Waals surface area (Å²) in [5, 5.41) is 0. The van der Waals surface area contributed by atoms with E-state index in [1.54, 1.807) is 11.1 Å². The smallest absolute Gasteiger partial charge is 0.0358 e. The van der Waals surface area contributed by atoms with Gasteiger partial charge < -0.3 is 0 Å². The van der Waals surface area contributed by atoms with Crippen molar-refractivity contribution in [3.05, 3.63) is 142 Å². The maximum Gasteiger partial charge on any atom is 0.0358 e. The van der Waals surface area contributed by atoms with Gasteiger partial charge in [0.25, 0.3) is 0 Å². The lowest BCUT2D eigenvalue weighted by molar-refractivity contribution is 0.782. The van der Waals surface area contributed by atoms with Gasteiger partial charge in [-0.1, -0.05) is 111 Å². The maximum atomic E-state index is 2.43. The second kappa shape index (κ2) is 6.27. The highest BCUT2D eigenvalue weighted by Gasteiger charge is 2.49. The third-order valence-corrected chi connectivity index (χ3v) is 8.77. The summed E-state index contributed by atoms with van der Waals surface area (Å²) in [4.78, 5) is 0. The summed E-state index contributed by atoms with van der Waals surface area (Å²) >= 11 is 0. The van der Waals surface area contributed by atoms with E-state index in [1.165, 1.54) is 55.6 Å². The second-order valence-electron chi connectivity index (χ2n) is 10.8. The molecule has 4 aromatic carbocycles. The lowest BCUT2D eigenvalue weighted by Gasteiger charge is -2.23. The molecule has 0 amide bonds. The number of allylic oxidation sites excluding steroid dienone is 4. The first-order valence-corrected chi connectivity index (χ1v) is 12.5. The Hall–Kier alpha value is -3.64. The van der Waals surface area contributed by atoms with E-state index in [9.17, 15) is 0 Å². The third kappa shape index (κ3) is 2.19. The van der Waals surface area contributed by atoms with Crippen molar-refractivity contribution in [1.82, 2.24) is 0 Å². The number of rotatable bonds is 2. The van der Waals surface area contributed by atoms with Gasteiger partial charge in [-0.2, -0.15) is 0 Å². The van der Waals surface area contributed by atoms with Crippen molar-refractivity contribution in [2.75, 3.05) is 0 Å². The summed E-state index contributed by atoms with van der Waals surface area (Å²) in [6, 6.07) is 30.0. The first-order valence-electron chi connectivity index (χ1n) is 12.5. The average molecular weight is 435 g/mol. The Kier molecular flexibility index (Phi) is 3.46. The minimum atomic E-state index is 0.185. The summed E-state index contributed by atoms with van der Waals surface area (Å²) in [5.41, 5.74) is 17.9. The normalized spacial score (nSPS) is 21.4. The average Bonchev–Trinajstić information content (AvgIpc) is 3.33. The fourth-order valence-corrected chi connectivity index (χ4v) is 7.25. The van der Waals surface area contributed by atoms with E-state index in [1.807, 2.05) is 0 Å². The van der Waals surface area contributed by atoms with Crippen molar-refractivity contribution in [2.24, 2.45) is 0 Å².